The van der Waals surface area contributed by atoms with Gasteiger partial charge in [-0.15, -0.1) is 0 Å². The second-order valence-corrected chi connectivity index (χ2v) is 6.09. The first-order valence-corrected chi connectivity index (χ1v) is 8.07. The van der Waals surface area contributed by atoms with Gasteiger partial charge in [0.05, 0.1) is 18.3 Å². The van der Waals surface area contributed by atoms with E-state index in [0.29, 0.717) is 16.6 Å². The Morgan fingerprint density at radius 1 is 1.25 bits per heavy atom. The Labute approximate surface area is 142 Å². The van der Waals surface area contributed by atoms with E-state index >= 15 is 0 Å². The van der Waals surface area contributed by atoms with Gasteiger partial charge in [-0.1, -0.05) is 18.2 Å². The summed E-state index contributed by atoms with van der Waals surface area (Å²) in [5.41, 5.74) is 1.34. The van der Waals surface area contributed by atoms with Gasteiger partial charge in [-0.25, -0.2) is 4.39 Å². The smallest absolute Gasteiger partial charge is 0.251 e. The molecule has 0 fully saturated rings. The highest BCUT2D eigenvalue weighted by molar-refractivity contribution is 7.00. The molecule has 0 aliphatic carbocycles. The first kappa shape index (κ1) is 16.5. The van der Waals surface area contributed by atoms with Crippen molar-refractivity contribution in [3.63, 3.8) is 0 Å². The van der Waals surface area contributed by atoms with E-state index in [1.807, 2.05) is 0 Å². The van der Waals surface area contributed by atoms with Gasteiger partial charge in [0, 0.05) is 18.2 Å². The number of ether oxygens (including phenoxy) is 1. The number of hydrogen-bond donors (Lipinski definition) is 1. The maximum Gasteiger partial charge on any atom is 0.251 e. The second-order valence-electron chi connectivity index (χ2n) is 5.57. The van der Waals surface area contributed by atoms with E-state index in [9.17, 15) is 9.18 Å². The number of methoxy groups -OCH3 is 1. The Hall–Kier alpha value is -2.38. The maximum absolute atomic E-state index is 14.1. The zero-order chi connectivity index (χ0) is 17.2. The summed E-state index contributed by atoms with van der Waals surface area (Å²) in [5.74, 6) is -0.643. The number of fused-ring (bicyclic) bond motifs is 1. The van der Waals surface area contributed by atoms with Crippen molar-refractivity contribution in [1.29, 1.82) is 0 Å². The van der Waals surface area contributed by atoms with Crippen LogP contribution in [0.3, 0.4) is 0 Å². The van der Waals surface area contributed by atoms with Crippen LogP contribution in [0.5, 0.6) is 0 Å². The summed E-state index contributed by atoms with van der Waals surface area (Å²) in [6.45, 7) is 1.87. The number of halogens is 1. The van der Waals surface area contributed by atoms with Gasteiger partial charge < -0.3 is 10.1 Å². The van der Waals surface area contributed by atoms with Gasteiger partial charge in [0.2, 0.25) is 0 Å². The standard InChI is InChI=1S/C17H16FN3O2S/c1-17(23-2,12-5-3-4-6-13(12)18)10-19-16(22)11-7-8-14-15(9-11)21-24-20-14/h3-9H,10H2,1-2H3,(H,19,22). The lowest BCUT2D eigenvalue weighted by Gasteiger charge is -2.29. The minimum absolute atomic E-state index is 0.136. The molecule has 1 heterocycles. The summed E-state index contributed by atoms with van der Waals surface area (Å²) in [7, 11) is 1.49. The molecular formula is C17H16FN3O2S. The summed E-state index contributed by atoms with van der Waals surface area (Å²) in [6.07, 6.45) is 0. The van der Waals surface area contributed by atoms with Crippen LogP contribution in [-0.2, 0) is 10.3 Å². The zero-order valence-corrected chi connectivity index (χ0v) is 14.1. The Morgan fingerprint density at radius 2 is 2.00 bits per heavy atom. The number of nitrogens with zero attached hydrogens (tertiary/aromatic N) is 2. The van der Waals surface area contributed by atoms with E-state index < -0.39 is 5.60 Å². The summed E-state index contributed by atoms with van der Waals surface area (Å²) in [4.78, 5) is 12.4. The van der Waals surface area contributed by atoms with Crippen molar-refractivity contribution in [3.05, 3.63) is 59.4 Å². The minimum Gasteiger partial charge on any atom is -0.372 e. The number of aromatic nitrogens is 2. The van der Waals surface area contributed by atoms with Crippen LogP contribution in [0.1, 0.15) is 22.8 Å². The van der Waals surface area contributed by atoms with Crippen molar-refractivity contribution in [1.82, 2.24) is 14.1 Å². The van der Waals surface area contributed by atoms with E-state index in [0.717, 1.165) is 17.2 Å². The van der Waals surface area contributed by atoms with Crippen LogP contribution < -0.4 is 5.32 Å². The second kappa shape index (κ2) is 6.62. The fourth-order valence-corrected chi connectivity index (χ4v) is 2.96. The number of amides is 1. The van der Waals surface area contributed by atoms with Crippen molar-refractivity contribution in [2.45, 2.75) is 12.5 Å². The summed E-state index contributed by atoms with van der Waals surface area (Å²) >= 11 is 1.10. The molecule has 0 aliphatic rings. The molecule has 1 unspecified atom stereocenters. The fraction of sp³-hybridized carbons (Fsp3) is 0.235. The third-order valence-electron chi connectivity index (χ3n) is 4.00. The number of hydrogen-bond acceptors (Lipinski definition) is 5. The highest BCUT2D eigenvalue weighted by Crippen LogP contribution is 2.26. The van der Waals surface area contributed by atoms with E-state index in [2.05, 4.69) is 14.1 Å². The molecule has 0 saturated carbocycles. The largest absolute Gasteiger partial charge is 0.372 e. The first-order valence-electron chi connectivity index (χ1n) is 7.34. The zero-order valence-electron chi connectivity index (χ0n) is 13.2. The average molecular weight is 345 g/mol. The molecule has 0 saturated heterocycles. The third-order valence-corrected chi connectivity index (χ3v) is 4.55. The molecule has 0 aliphatic heterocycles. The first-order chi connectivity index (χ1) is 11.5. The molecule has 24 heavy (non-hydrogen) atoms. The molecule has 3 aromatic rings. The van der Waals surface area contributed by atoms with Crippen LogP contribution in [0, 0.1) is 5.82 Å². The maximum atomic E-state index is 14.1. The highest BCUT2D eigenvalue weighted by Gasteiger charge is 2.29. The van der Waals surface area contributed by atoms with Crippen molar-refractivity contribution in [2.75, 3.05) is 13.7 Å². The number of carbonyl (C=O) groups excluding carboxylic acids is 1. The van der Waals surface area contributed by atoms with Crippen LogP contribution in [0.25, 0.3) is 11.0 Å². The molecular weight excluding hydrogens is 329 g/mol. The molecule has 1 atom stereocenters. The number of nitrogens with one attached hydrogen (secondary N) is 1. The molecule has 1 amide bonds. The van der Waals surface area contributed by atoms with Crippen molar-refractivity contribution in [3.8, 4) is 0 Å². The summed E-state index contributed by atoms with van der Waals surface area (Å²) in [6, 6.07) is 11.5. The SMILES string of the molecule is COC(C)(CNC(=O)c1ccc2nsnc2c1)c1ccccc1F. The molecule has 1 aromatic heterocycles. The number of benzene rings is 2. The van der Waals surface area contributed by atoms with E-state index in [4.69, 9.17) is 4.74 Å². The highest BCUT2D eigenvalue weighted by atomic mass is 32.1. The average Bonchev–Trinajstić information content (AvgIpc) is 3.07. The van der Waals surface area contributed by atoms with E-state index in [1.54, 1.807) is 43.3 Å². The molecule has 1 N–H and O–H groups in total. The lowest BCUT2D eigenvalue weighted by Crippen LogP contribution is -2.40. The Kier molecular flexibility index (Phi) is 4.55. The molecule has 124 valence electrons. The van der Waals surface area contributed by atoms with Crippen molar-refractivity contribution >= 4 is 28.7 Å². The van der Waals surface area contributed by atoms with Gasteiger partial charge >= 0.3 is 0 Å². The Bertz CT molecular complexity index is 883. The van der Waals surface area contributed by atoms with Gasteiger partial charge in [-0.2, -0.15) is 8.75 Å². The predicted molar refractivity (Wildman–Crippen MR) is 90.5 cm³/mol. The Morgan fingerprint density at radius 3 is 2.75 bits per heavy atom. The van der Waals surface area contributed by atoms with Gasteiger partial charge in [-0.05, 0) is 31.2 Å². The Balaban J connectivity index is 1.77. The van der Waals surface area contributed by atoms with Gasteiger partial charge in [0.25, 0.3) is 5.91 Å². The van der Waals surface area contributed by atoms with Crippen molar-refractivity contribution < 1.29 is 13.9 Å². The molecule has 7 heteroatoms. The minimum atomic E-state index is -0.965. The lowest BCUT2D eigenvalue weighted by molar-refractivity contribution is 0.000390. The normalized spacial score (nSPS) is 13.6. The quantitative estimate of drug-likeness (QED) is 0.772. The number of carbonyl (C=O) groups is 1. The van der Waals surface area contributed by atoms with Crippen LogP contribution in [0.15, 0.2) is 42.5 Å². The van der Waals surface area contributed by atoms with Crippen LogP contribution in [-0.4, -0.2) is 28.3 Å². The topological polar surface area (TPSA) is 64.1 Å². The lowest BCUT2D eigenvalue weighted by atomic mass is 9.95. The van der Waals surface area contributed by atoms with E-state index in [-0.39, 0.29) is 18.3 Å². The van der Waals surface area contributed by atoms with Crippen molar-refractivity contribution in [2.24, 2.45) is 0 Å². The van der Waals surface area contributed by atoms with Crippen LogP contribution >= 0.6 is 11.7 Å². The number of rotatable bonds is 5. The molecule has 2 aromatic carbocycles. The molecule has 5 nitrogen and oxygen atoms in total. The molecule has 0 radical (unpaired) electrons. The van der Waals surface area contributed by atoms with Gasteiger partial charge in [0.1, 0.15) is 22.5 Å². The fourth-order valence-electron chi connectivity index (χ4n) is 2.44. The monoisotopic (exact) mass is 345 g/mol. The summed E-state index contributed by atoms with van der Waals surface area (Å²) in [5, 5.41) is 2.80. The van der Waals surface area contributed by atoms with Gasteiger partial charge in [-0.3, -0.25) is 4.79 Å². The molecule has 0 spiro atoms. The van der Waals surface area contributed by atoms with Crippen LogP contribution in [0.4, 0.5) is 4.39 Å². The third kappa shape index (κ3) is 3.13. The van der Waals surface area contributed by atoms with Gasteiger partial charge in [0.15, 0.2) is 0 Å². The predicted octanol–water partition coefficient (Wildman–Crippen LogP) is 3.12. The molecule has 0 bridgehead atoms. The van der Waals surface area contributed by atoms with Crippen LogP contribution in [0.2, 0.25) is 0 Å². The molecule has 3 rings (SSSR count). The van der Waals surface area contributed by atoms with E-state index in [1.165, 1.54) is 13.2 Å². The summed E-state index contributed by atoms with van der Waals surface area (Å²) < 4.78 is 27.8.